The van der Waals surface area contributed by atoms with E-state index in [0.717, 1.165) is 23.3 Å². The van der Waals surface area contributed by atoms with E-state index in [1.165, 1.54) is 11.9 Å². The molecule has 0 radical (unpaired) electrons. The molecular formula is C18H18N4. The molecular weight excluding hydrogens is 272 g/mol. The molecule has 0 aliphatic rings. The molecule has 2 N–H and O–H groups in total. The van der Waals surface area contributed by atoms with E-state index in [1.54, 1.807) is 0 Å². The summed E-state index contributed by atoms with van der Waals surface area (Å²) in [7, 11) is 0. The van der Waals surface area contributed by atoms with Gasteiger partial charge in [-0.2, -0.15) is 0 Å². The summed E-state index contributed by atoms with van der Waals surface area (Å²) in [6, 6.07) is 10.2. The van der Waals surface area contributed by atoms with E-state index in [1.807, 2.05) is 30.5 Å². The van der Waals surface area contributed by atoms with E-state index in [4.69, 9.17) is 5.73 Å². The number of fused-ring (bicyclic) bond motifs is 1. The maximum atomic E-state index is 6.23. The predicted octanol–water partition coefficient (Wildman–Crippen LogP) is 3.46. The fourth-order valence-corrected chi connectivity index (χ4v) is 2.58. The van der Waals surface area contributed by atoms with E-state index in [2.05, 4.69) is 45.4 Å². The van der Waals surface area contributed by atoms with E-state index < -0.39 is 0 Å². The molecule has 2 heterocycles. The molecule has 22 heavy (non-hydrogen) atoms. The summed E-state index contributed by atoms with van der Waals surface area (Å²) in [6.07, 6.45) is 10.1. The zero-order valence-corrected chi connectivity index (χ0v) is 12.3. The van der Waals surface area contributed by atoms with Crippen molar-refractivity contribution in [3.63, 3.8) is 0 Å². The fraction of sp³-hybridized carbons (Fsp3) is 0.111. The number of aromatic nitrogens is 3. The van der Waals surface area contributed by atoms with E-state index in [9.17, 15) is 0 Å². The van der Waals surface area contributed by atoms with Gasteiger partial charge in [0, 0.05) is 18.7 Å². The lowest BCUT2D eigenvalue weighted by Gasteiger charge is -2.06. The van der Waals surface area contributed by atoms with Gasteiger partial charge in [-0.25, -0.2) is 9.97 Å². The van der Waals surface area contributed by atoms with Crippen LogP contribution >= 0.6 is 0 Å². The van der Waals surface area contributed by atoms with Crippen molar-refractivity contribution in [1.29, 1.82) is 0 Å². The van der Waals surface area contributed by atoms with Crippen LogP contribution in [0.1, 0.15) is 11.3 Å². The molecule has 0 atom stereocenters. The summed E-state index contributed by atoms with van der Waals surface area (Å²) in [5, 5.41) is 0. The maximum absolute atomic E-state index is 6.23. The van der Waals surface area contributed by atoms with Crippen molar-refractivity contribution in [2.24, 2.45) is 0 Å². The van der Waals surface area contributed by atoms with Crippen LogP contribution in [0.3, 0.4) is 0 Å². The first-order valence-electron chi connectivity index (χ1n) is 7.20. The third-order valence-electron chi connectivity index (χ3n) is 3.61. The molecule has 1 aromatic carbocycles. The van der Waals surface area contributed by atoms with Gasteiger partial charge < -0.3 is 10.3 Å². The van der Waals surface area contributed by atoms with Gasteiger partial charge in [-0.05, 0) is 5.56 Å². The molecule has 0 saturated carbocycles. The second-order valence-corrected chi connectivity index (χ2v) is 5.03. The van der Waals surface area contributed by atoms with Crippen molar-refractivity contribution in [3.05, 3.63) is 72.8 Å². The summed E-state index contributed by atoms with van der Waals surface area (Å²) >= 11 is 0. The quantitative estimate of drug-likeness (QED) is 0.732. The van der Waals surface area contributed by atoms with Crippen LogP contribution in [0.4, 0.5) is 5.69 Å². The molecule has 0 saturated heterocycles. The molecule has 3 rings (SSSR count). The van der Waals surface area contributed by atoms with Gasteiger partial charge in [0.05, 0.1) is 17.4 Å². The van der Waals surface area contributed by atoms with Gasteiger partial charge in [0.1, 0.15) is 11.8 Å². The molecule has 0 aliphatic carbocycles. The monoisotopic (exact) mass is 290 g/mol. The first-order valence-corrected chi connectivity index (χ1v) is 7.20. The zero-order valence-electron chi connectivity index (χ0n) is 12.3. The Morgan fingerprint density at radius 1 is 1.23 bits per heavy atom. The summed E-state index contributed by atoms with van der Waals surface area (Å²) in [6.45, 7) is 4.53. The number of allylic oxidation sites excluding steroid dienone is 2. The minimum Gasteiger partial charge on any atom is -0.395 e. The summed E-state index contributed by atoms with van der Waals surface area (Å²) in [5.41, 5.74) is 10.9. The lowest BCUT2D eigenvalue weighted by atomic mass is 10.2. The fourth-order valence-electron chi connectivity index (χ4n) is 2.58. The molecule has 110 valence electrons. The van der Waals surface area contributed by atoms with Crippen LogP contribution in [-0.4, -0.2) is 14.5 Å². The smallest absolute Gasteiger partial charge is 0.116 e. The van der Waals surface area contributed by atoms with Gasteiger partial charge in [-0.1, -0.05) is 48.6 Å². The SMILES string of the molecule is C=CCc1c(N)c2ncncc2n1CC=Cc1ccccc1. The second kappa shape index (κ2) is 6.26. The van der Waals surface area contributed by atoms with Crippen LogP contribution in [0, 0.1) is 0 Å². The third kappa shape index (κ3) is 2.63. The van der Waals surface area contributed by atoms with Crippen molar-refractivity contribution in [3.8, 4) is 0 Å². The molecule has 0 bridgehead atoms. The van der Waals surface area contributed by atoms with Gasteiger partial charge in [0.25, 0.3) is 0 Å². The topological polar surface area (TPSA) is 56.7 Å². The third-order valence-corrected chi connectivity index (χ3v) is 3.61. The molecule has 2 aromatic heterocycles. The Bertz CT molecular complexity index is 816. The van der Waals surface area contributed by atoms with Gasteiger partial charge in [0.15, 0.2) is 0 Å². The molecule has 0 unspecified atom stereocenters. The molecule has 0 fully saturated rings. The average molecular weight is 290 g/mol. The number of hydrogen-bond acceptors (Lipinski definition) is 3. The van der Waals surface area contributed by atoms with Crippen LogP contribution in [0.15, 0.2) is 61.6 Å². The minimum atomic E-state index is 0.710. The van der Waals surface area contributed by atoms with E-state index in [-0.39, 0.29) is 0 Å². The van der Waals surface area contributed by atoms with Gasteiger partial charge in [-0.3, -0.25) is 0 Å². The normalized spacial score (nSPS) is 11.3. The predicted molar refractivity (Wildman–Crippen MR) is 91.3 cm³/mol. The van der Waals surface area contributed by atoms with E-state index in [0.29, 0.717) is 12.1 Å². The Morgan fingerprint density at radius 3 is 2.82 bits per heavy atom. The maximum Gasteiger partial charge on any atom is 0.116 e. The molecule has 4 heteroatoms. The Balaban J connectivity index is 1.97. The highest BCUT2D eigenvalue weighted by Crippen LogP contribution is 2.27. The van der Waals surface area contributed by atoms with Crippen LogP contribution in [-0.2, 0) is 13.0 Å². The zero-order chi connectivity index (χ0) is 15.4. The van der Waals surface area contributed by atoms with E-state index >= 15 is 0 Å². The Kier molecular flexibility index (Phi) is 4.01. The standard InChI is InChI=1S/C18H18N4/c1-2-7-15-17(19)18-16(12-20-13-21-18)22(15)11-6-10-14-8-4-3-5-9-14/h2-6,8-10,12-13H,1,7,11,19H2. The molecule has 0 aliphatic heterocycles. The number of rotatable bonds is 5. The number of anilines is 1. The second-order valence-electron chi connectivity index (χ2n) is 5.03. The lowest BCUT2D eigenvalue weighted by molar-refractivity contribution is 0.812. The van der Waals surface area contributed by atoms with Crippen LogP contribution in [0.2, 0.25) is 0 Å². The summed E-state index contributed by atoms with van der Waals surface area (Å²) < 4.78 is 2.14. The molecule has 3 aromatic rings. The van der Waals surface area contributed by atoms with Gasteiger partial charge in [-0.15, -0.1) is 6.58 Å². The Hall–Kier alpha value is -2.88. The van der Waals surface area contributed by atoms with Crippen LogP contribution in [0.5, 0.6) is 0 Å². The average Bonchev–Trinajstić information content (AvgIpc) is 2.82. The highest BCUT2D eigenvalue weighted by atomic mass is 15.0. The Labute approximate surface area is 129 Å². The molecule has 0 spiro atoms. The summed E-state index contributed by atoms with van der Waals surface area (Å²) in [4.78, 5) is 8.41. The largest absolute Gasteiger partial charge is 0.395 e. The first kappa shape index (κ1) is 14.1. The van der Waals surface area contributed by atoms with Crippen LogP contribution < -0.4 is 5.73 Å². The van der Waals surface area contributed by atoms with Crippen molar-refractivity contribution in [2.45, 2.75) is 13.0 Å². The highest BCUT2D eigenvalue weighted by Gasteiger charge is 2.14. The first-order chi connectivity index (χ1) is 10.8. The Morgan fingerprint density at radius 2 is 2.05 bits per heavy atom. The van der Waals surface area contributed by atoms with Gasteiger partial charge >= 0.3 is 0 Å². The molecule has 4 nitrogen and oxygen atoms in total. The number of hydrogen-bond donors (Lipinski definition) is 1. The number of benzene rings is 1. The van der Waals surface area contributed by atoms with Crippen LogP contribution in [0.25, 0.3) is 17.1 Å². The van der Waals surface area contributed by atoms with Crippen molar-refractivity contribution < 1.29 is 0 Å². The van der Waals surface area contributed by atoms with Crippen molar-refractivity contribution in [1.82, 2.24) is 14.5 Å². The van der Waals surface area contributed by atoms with Gasteiger partial charge in [0.2, 0.25) is 0 Å². The minimum absolute atomic E-state index is 0.710. The van der Waals surface area contributed by atoms with Crippen molar-refractivity contribution >= 4 is 22.8 Å². The number of nitrogens with two attached hydrogens (primary N) is 1. The number of nitrogens with zero attached hydrogens (tertiary/aromatic N) is 3. The number of nitrogen functional groups attached to an aromatic ring is 1. The lowest BCUT2D eigenvalue weighted by Crippen LogP contribution is -2.02. The van der Waals surface area contributed by atoms with Crippen molar-refractivity contribution in [2.75, 3.05) is 5.73 Å². The highest BCUT2D eigenvalue weighted by molar-refractivity contribution is 5.89. The molecule has 0 amide bonds. The summed E-state index contributed by atoms with van der Waals surface area (Å²) in [5.74, 6) is 0.